The van der Waals surface area contributed by atoms with Gasteiger partial charge >= 0.3 is 0 Å². The summed E-state index contributed by atoms with van der Waals surface area (Å²) in [7, 11) is 0. The van der Waals surface area contributed by atoms with E-state index in [0.717, 1.165) is 29.7 Å². The normalized spacial score (nSPS) is 14.1. The quantitative estimate of drug-likeness (QED) is 0.555. The fourth-order valence-electron chi connectivity index (χ4n) is 3.24. The molecule has 0 spiro atoms. The summed E-state index contributed by atoms with van der Waals surface area (Å²) in [6.07, 6.45) is 4.11. The van der Waals surface area contributed by atoms with E-state index in [2.05, 4.69) is 15.6 Å². The first-order valence-electron chi connectivity index (χ1n) is 10.4. The Kier molecular flexibility index (Phi) is 6.11. The number of oxazole rings is 1. The van der Waals surface area contributed by atoms with Gasteiger partial charge in [0.2, 0.25) is 11.8 Å². The number of carbonyl (C=O) groups is 2. The monoisotopic (exact) mass is 421 g/mol. The number of nitrogens with one attached hydrogen (secondary N) is 2. The number of rotatable bonds is 8. The predicted octanol–water partition coefficient (Wildman–Crippen LogP) is 4.64. The Morgan fingerprint density at radius 1 is 1.13 bits per heavy atom. The van der Waals surface area contributed by atoms with Crippen molar-refractivity contribution in [2.75, 3.05) is 5.32 Å². The first kappa shape index (κ1) is 20.8. The average molecular weight is 421 g/mol. The van der Waals surface area contributed by atoms with Gasteiger partial charge in [0.25, 0.3) is 0 Å². The third-order valence-electron chi connectivity index (χ3n) is 5.25. The standard InChI is InChI=1S/C24H24FN3O3/c1-15(16-6-10-20(11-7-16)28-24(30)18-2-3-18)27-22(29)12-13-23-26-14-21(31-23)17-4-8-19(25)9-5-17/h4-11,14-15,18H,2-3,12-13H2,1H3,(H,27,29)(H,28,30)/t15-/m0/s1. The summed E-state index contributed by atoms with van der Waals surface area (Å²) < 4.78 is 18.7. The molecule has 0 unspecified atom stereocenters. The second-order valence-corrected chi connectivity index (χ2v) is 7.80. The zero-order valence-corrected chi connectivity index (χ0v) is 17.2. The lowest BCUT2D eigenvalue weighted by molar-refractivity contribution is -0.121. The number of amides is 2. The van der Waals surface area contributed by atoms with Gasteiger partial charge in [0, 0.05) is 30.0 Å². The lowest BCUT2D eigenvalue weighted by atomic mass is 10.1. The molecule has 1 saturated carbocycles. The predicted molar refractivity (Wildman–Crippen MR) is 115 cm³/mol. The molecule has 6 nitrogen and oxygen atoms in total. The summed E-state index contributed by atoms with van der Waals surface area (Å²) >= 11 is 0. The second kappa shape index (κ2) is 9.12. The Hall–Kier alpha value is -3.48. The van der Waals surface area contributed by atoms with Crippen LogP contribution in [0.25, 0.3) is 11.3 Å². The molecule has 1 fully saturated rings. The van der Waals surface area contributed by atoms with Crippen LogP contribution in [0.15, 0.2) is 59.1 Å². The van der Waals surface area contributed by atoms with Gasteiger partial charge in [0.05, 0.1) is 12.2 Å². The van der Waals surface area contributed by atoms with Gasteiger partial charge < -0.3 is 15.1 Å². The molecule has 1 atom stereocenters. The first-order chi connectivity index (χ1) is 15.0. The van der Waals surface area contributed by atoms with Gasteiger partial charge in [-0.05, 0) is 61.7 Å². The maximum atomic E-state index is 13.0. The Balaban J connectivity index is 1.25. The summed E-state index contributed by atoms with van der Waals surface area (Å²) in [5.41, 5.74) is 2.45. The molecular weight excluding hydrogens is 397 g/mol. The lowest BCUT2D eigenvalue weighted by Gasteiger charge is -2.15. The average Bonchev–Trinajstić information content (AvgIpc) is 3.52. The minimum absolute atomic E-state index is 0.0724. The van der Waals surface area contributed by atoms with Gasteiger partial charge in [0.15, 0.2) is 11.7 Å². The van der Waals surface area contributed by atoms with Gasteiger partial charge in [-0.3, -0.25) is 9.59 Å². The van der Waals surface area contributed by atoms with Gasteiger partial charge in [-0.15, -0.1) is 0 Å². The molecule has 160 valence electrons. The van der Waals surface area contributed by atoms with E-state index in [9.17, 15) is 14.0 Å². The molecule has 1 aliphatic carbocycles. The van der Waals surface area contributed by atoms with E-state index in [1.165, 1.54) is 12.1 Å². The molecule has 2 N–H and O–H groups in total. The molecule has 1 heterocycles. The first-order valence-corrected chi connectivity index (χ1v) is 10.4. The fourth-order valence-corrected chi connectivity index (χ4v) is 3.24. The Bertz CT molecular complexity index is 1060. The van der Waals surface area contributed by atoms with Crippen LogP contribution in [0.1, 0.15) is 43.7 Å². The van der Waals surface area contributed by atoms with Gasteiger partial charge in [-0.1, -0.05) is 12.1 Å². The highest BCUT2D eigenvalue weighted by Crippen LogP contribution is 2.30. The Morgan fingerprint density at radius 2 is 1.84 bits per heavy atom. The molecule has 0 radical (unpaired) electrons. The SMILES string of the molecule is C[C@H](NC(=O)CCc1ncc(-c2ccc(F)cc2)o1)c1ccc(NC(=O)C2CC2)cc1. The number of nitrogens with zero attached hydrogens (tertiary/aromatic N) is 1. The molecule has 1 aromatic heterocycles. The van der Waals surface area contributed by atoms with Crippen LogP contribution in [-0.4, -0.2) is 16.8 Å². The highest BCUT2D eigenvalue weighted by molar-refractivity contribution is 5.94. The number of benzene rings is 2. The molecule has 0 aliphatic heterocycles. The van der Waals surface area contributed by atoms with Crippen LogP contribution >= 0.6 is 0 Å². The second-order valence-electron chi connectivity index (χ2n) is 7.80. The van der Waals surface area contributed by atoms with Crippen molar-refractivity contribution >= 4 is 17.5 Å². The summed E-state index contributed by atoms with van der Waals surface area (Å²) in [6.45, 7) is 1.91. The molecule has 2 aromatic carbocycles. The largest absolute Gasteiger partial charge is 0.441 e. The lowest BCUT2D eigenvalue weighted by Crippen LogP contribution is -2.26. The van der Waals surface area contributed by atoms with Crippen LogP contribution < -0.4 is 10.6 Å². The molecule has 4 rings (SSSR count). The molecular formula is C24H24FN3O3. The van der Waals surface area contributed by atoms with Gasteiger partial charge in [0.1, 0.15) is 5.82 Å². The number of hydrogen-bond donors (Lipinski definition) is 2. The van der Waals surface area contributed by atoms with Crippen molar-refractivity contribution in [3.05, 3.63) is 72.0 Å². The van der Waals surface area contributed by atoms with Crippen LogP contribution in [0, 0.1) is 11.7 Å². The van der Waals surface area contributed by atoms with Crippen molar-refractivity contribution in [3.63, 3.8) is 0 Å². The van der Waals surface area contributed by atoms with Crippen molar-refractivity contribution in [3.8, 4) is 11.3 Å². The number of carbonyl (C=O) groups excluding carboxylic acids is 2. The summed E-state index contributed by atoms with van der Waals surface area (Å²) in [5.74, 6) is 0.805. The number of aromatic nitrogens is 1. The smallest absolute Gasteiger partial charge is 0.227 e. The molecule has 0 saturated heterocycles. The highest BCUT2D eigenvalue weighted by Gasteiger charge is 2.29. The number of halogens is 1. The summed E-state index contributed by atoms with van der Waals surface area (Å²) in [5, 5.41) is 5.87. The molecule has 2 amide bonds. The molecule has 0 bridgehead atoms. The van der Waals surface area contributed by atoms with Crippen LogP contribution in [0.2, 0.25) is 0 Å². The number of aryl methyl sites for hydroxylation is 1. The van der Waals surface area contributed by atoms with Crippen molar-refractivity contribution in [2.45, 2.75) is 38.6 Å². The van der Waals surface area contributed by atoms with Crippen LogP contribution in [0.4, 0.5) is 10.1 Å². The fraction of sp³-hybridized carbons (Fsp3) is 0.292. The maximum absolute atomic E-state index is 13.0. The summed E-state index contributed by atoms with van der Waals surface area (Å²) in [6, 6.07) is 13.3. The van der Waals surface area contributed by atoms with Crippen molar-refractivity contribution in [1.82, 2.24) is 10.3 Å². The highest BCUT2D eigenvalue weighted by atomic mass is 19.1. The van der Waals surface area contributed by atoms with Crippen molar-refractivity contribution < 1.29 is 18.4 Å². The Labute approximate surface area is 179 Å². The van der Waals surface area contributed by atoms with Crippen LogP contribution in [0.3, 0.4) is 0 Å². The van der Waals surface area contributed by atoms with Crippen LogP contribution in [0.5, 0.6) is 0 Å². The van der Waals surface area contributed by atoms with E-state index >= 15 is 0 Å². The van der Waals surface area contributed by atoms with E-state index < -0.39 is 0 Å². The minimum Gasteiger partial charge on any atom is -0.441 e. The molecule has 3 aromatic rings. The van der Waals surface area contributed by atoms with E-state index in [-0.39, 0.29) is 36.0 Å². The topological polar surface area (TPSA) is 84.2 Å². The minimum atomic E-state index is -0.313. The molecule has 31 heavy (non-hydrogen) atoms. The Morgan fingerprint density at radius 3 is 2.52 bits per heavy atom. The van der Waals surface area contributed by atoms with E-state index in [4.69, 9.17) is 4.42 Å². The van der Waals surface area contributed by atoms with E-state index in [1.807, 2.05) is 31.2 Å². The zero-order chi connectivity index (χ0) is 21.8. The van der Waals surface area contributed by atoms with Crippen molar-refractivity contribution in [1.29, 1.82) is 0 Å². The van der Waals surface area contributed by atoms with Crippen LogP contribution in [-0.2, 0) is 16.0 Å². The van der Waals surface area contributed by atoms with E-state index in [1.54, 1.807) is 18.3 Å². The third-order valence-corrected chi connectivity index (χ3v) is 5.25. The maximum Gasteiger partial charge on any atom is 0.227 e. The third kappa shape index (κ3) is 5.57. The zero-order valence-electron chi connectivity index (χ0n) is 17.2. The van der Waals surface area contributed by atoms with Gasteiger partial charge in [-0.25, -0.2) is 9.37 Å². The summed E-state index contributed by atoms with van der Waals surface area (Å²) in [4.78, 5) is 28.4. The van der Waals surface area contributed by atoms with Crippen molar-refractivity contribution in [2.24, 2.45) is 5.92 Å². The molecule has 7 heteroatoms. The number of anilines is 1. The van der Waals surface area contributed by atoms with E-state index in [0.29, 0.717) is 18.1 Å². The molecule has 1 aliphatic rings. The number of hydrogen-bond acceptors (Lipinski definition) is 4. The van der Waals surface area contributed by atoms with Gasteiger partial charge in [-0.2, -0.15) is 0 Å².